The number of hydrogen-bond acceptors (Lipinski definition) is 8. The molecule has 1 atom stereocenters. The monoisotopic (exact) mass is 575 g/mol. The summed E-state index contributed by atoms with van der Waals surface area (Å²) in [6.45, 7) is 11.0. The standard InChI is InChI=1S/C30H38N8O2S/c1-19-10-8-11-20(2)27(19)22-14-25(35-29(31-6)34-22)40-18-21(16-30(3,4)5)38(17-24-32-12-9-13-33-24)28(39)23-15-26(41)37(7)36-23/h8-15,21,41H,16-18H2,1-7H3,(H,31,34,35)/p+1/t21-/m1/s1. The van der Waals surface area contributed by atoms with Gasteiger partial charge < -0.3 is 15.0 Å². The van der Waals surface area contributed by atoms with Gasteiger partial charge in [0.15, 0.2) is 5.69 Å². The van der Waals surface area contributed by atoms with Crippen LogP contribution in [0.25, 0.3) is 11.3 Å². The van der Waals surface area contributed by atoms with E-state index in [1.807, 2.05) is 12.1 Å². The molecule has 0 aliphatic heterocycles. The molecule has 0 fully saturated rings. The summed E-state index contributed by atoms with van der Waals surface area (Å²) in [7, 11) is 3.56. The number of aromatic nitrogens is 6. The van der Waals surface area contributed by atoms with Crippen LogP contribution in [-0.4, -0.2) is 60.2 Å². The number of hydrogen-bond donors (Lipinski definition) is 1. The van der Waals surface area contributed by atoms with Crippen molar-refractivity contribution in [2.75, 3.05) is 19.0 Å². The van der Waals surface area contributed by atoms with Gasteiger partial charge in [-0.05, 0) is 42.9 Å². The fourth-order valence-corrected chi connectivity index (χ4v) is 4.94. The molecule has 0 spiro atoms. The molecule has 3 aromatic heterocycles. The van der Waals surface area contributed by atoms with E-state index < -0.39 is 0 Å². The lowest BCUT2D eigenvalue weighted by Gasteiger charge is -2.35. The van der Waals surface area contributed by atoms with E-state index in [0.29, 0.717) is 34.8 Å². The van der Waals surface area contributed by atoms with Gasteiger partial charge in [-0.15, -0.1) is 0 Å². The van der Waals surface area contributed by atoms with Gasteiger partial charge in [-0.25, -0.2) is 19.6 Å². The lowest BCUT2D eigenvalue weighted by Crippen LogP contribution is -2.45. The molecule has 3 heterocycles. The number of aryl methyl sites for hydroxylation is 3. The normalized spacial score (nSPS) is 12.2. The van der Waals surface area contributed by atoms with Gasteiger partial charge in [0.2, 0.25) is 16.9 Å². The highest BCUT2D eigenvalue weighted by Crippen LogP contribution is 2.30. The molecule has 41 heavy (non-hydrogen) atoms. The van der Waals surface area contributed by atoms with Crippen LogP contribution in [0.5, 0.6) is 5.88 Å². The number of rotatable bonds is 10. The zero-order valence-corrected chi connectivity index (χ0v) is 25.8. The third kappa shape index (κ3) is 7.60. The summed E-state index contributed by atoms with van der Waals surface area (Å²) >= 11 is 3.51. The van der Waals surface area contributed by atoms with Crippen molar-refractivity contribution < 1.29 is 9.53 Å². The second-order valence-corrected chi connectivity index (χ2v) is 11.8. The molecule has 4 rings (SSSR count). The molecule has 1 N–H and O–H groups in total. The number of carbonyl (C=O) groups excluding carboxylic acids is 1. The van der Waals surface area contributed by atoms with Crippen molar-refractivity contribution in [3.8, 4) is 17.1 Å². The Labute approximate surface area is 247 Å². The maximum absolute atomic E-state index is 13.9. The minimum absolute atomic E-state index is 0.111. The molecule has 1 amide bonds. The minimum Gasteiger partial charge on any atom is -0.475 e. The predicted octanol–water partition coefficient (Wildman–Crippen LogP) is 4.22. The van der Waals surface area contributed by atoms with Crippen LogP contribution < -0.4 is 10.1 Å². The van der Waals surface area contributed by atoms with Crippen LogP contribution in [0, 0.1) is 19.3 Å². The topological polar surface area (TPSA) is 111 Å². The second kappa shape index (κ2) is 12.7. The van der Waals surface area contributed by atoms with Crippen LogP contribution >= 0.6 is 0 Å². The number of anilines is 1. The van der Waals surface area contributed by atoms with E-state index in [1.165, 1.54) is 0 Å². The molecule has 10 nitrogen and oxygen atoms in total. The van der Waals surface area contributed by atoms with E-state index in [-0.39, 0.29) is 30.5 Å². The maximum Gasteiger partial charge on any atom is 0.275 e. The molecule has 1 aromatic carbocycles. The van der Waals surface area contributed by atoms with Gasteiger partial charge >= 0.3 is 0 Å². The highest BCUT2D eigenvalue weighted by Gasteiger charge is 2.32. The van der Waals surface area contributed by atoms with E-state index in [9.17, 15) is 4.79 Å². The van der Waals surface area contributed by atoms with Crippen LogP contribution in [-0.2, 0) is 26.2 Å². The van der Waals surface area contributed by atoms with E-state index >= 15 is 0 Å². The summed E-state index contributed by atoms with van der Waals surface area (Å²) in [5.74, 6) is 1.18. The molecule has 216 valence electrons. The Morgan fingerprint density at radius 1 is 1.10 bits per heavy atom. The van der Waals surface area contributed by atoms with Gasteiger partial charge in [0.05, 0.1) is 18.3 Å². The summed E-state index contributed by atoms with van der Waals surface area (Å²) in [6.07, 6.45) is 4.01. The first kappa shape index (κ1) is 30.0. The summed E-state index contributed by atoms with van der Waals surface area (Å²) in [6, 6.07) is 11.2. The van der Waals surface area contributed by atoms with Crippen molar-refractivity contribution >= 4 is 24.5 Å². The Morgan fingerprint density at radius 3 is 2.37 bits per heavy atom. The van der Waals surface area contributed by atoms with Crippen molar-refractivity contribution in [1.82, 2.24) is 34.6 Å². The van der Waals surface area contributed by atoms with Gasteiger partial charge in [-0.2, -0.15) is 10.1 Å². The molecule has 0 unspecified atom stereocenters. The van der Waals surface area contributed by atoms with Crippen molar-refractivity contribution in [2.24, 2.45) is 12.5 Å². The van der Waals surface area contributed by atoms with Crippen LogP contribution in [0.1, 0.15) is 54.6 Å². The first-order valence-electron chi connectivity index (χ1n) is 13.5. The molecule has 0 aliphatic carbocycles. The number of amides is 1. The third-order valence-corrected chi connectivity index (χ3v) is 7.13. The van der Waals surface area contributed by atoms with Crippen molar-refractivity contribution in [3.63, 3.8) is 0 Å². The summed E-state index contributed by atoms with van der Waals surface area (Å²) in [5, 5.41) is 8.17. The fourth-order valence-electron chi connectivity index (χ4n) is 4.75. The highest BCUT2D eigenvalue weighted by atomic mass is 32.1. The SMILES string of the molecule is CNc1nc(OC[C@@H](CC(C)(C)C)N(Cc2ncccn2)C(=O)c2cc([SH2+])n(C)n2)cc(-c2c(C)cccc2C)n1. The van der Waals surface area contributed by atoms with E-state index in [4.69, 9.17) is 9.72 Å². The summed E-state index contributed by atoms with van der Waals surface area (Å²) < 4.78 is 7.99. The first-order valence-corrected chi connectivity index (χ1v) is 14.0. The van der Waals surface area contributed by atoms with Gasteiger partial charge in [-0.3, -0.25) is 4.79 Å². The molecule has 0 saturated carbocycles. The van der Waals surface area contributed by atoms with Crippen LogP contribution in [0.2, 0.25) is 0 Å². The summed E-state index contributed by atoms with van der Waals surface area (Å²) in [5.41, 5.74) is 4.25. The van der Waals surface area contributed by atoms with E-state index in [2.05, 4.69) is 84.7 Å². The first-order chi connectivity index (χ1) is 19.4. The molecular weight excluding hydrogens is 536 g/mol. The largest absolute Gasteiger partial charge is 0.475 e. The smallest absolute Gasteiger partial charge is 0.275 e. The highest BCUT2D eigenvalue weighted by molar-refractivity contribution is 7.58. The molecule has 11 heteroatoms. The van der Waals surface area contributed by atoms with E-state index in [0.717, 1.165) is 22.4 Å². The number of ether oxygens (including phenoxy) is 1. The van der Waals surface area contributed by atoms with Crippen LogP contribution in [0.4, 0.5) is 5.95 Å². The maximum atomic E-state index is 13.9. The molecule has 0 aliphatic rings. The lowest BCUT2D eigenvalue weighted by atomic mass is 9.87. The van der Waals surface area contributed by atoms with E-state index in [1.54, 1.807) is 48.2 Å². The zero-order valence-electron chi connectivity index (χ0n) is 24.8. The predicted molar refractivity (Wildman–Crippen MR) is 163 cm³/mol. The number of benzene rings is 1. The number of carbonyl (C=O) groups is 1. The van der Waals surface area contributed by atoms with Crippen molar-refractivity contribution in [3.05, 3.63) is 71.4 Å². The van der Waals surface area contributed by atoms with Gasteiger partial charge in [0, 0.05) is 56.8 Å². The van der Waals surface area contributed by atoms with Crippen LogP contribution in [0.15, 0.2) is 53.8 Å². The Kier molecular flexibility index (Phi) is 9.27. The molecule has 0 saturated heterocycles. The second-order valence-electron chi connectivity index (χ2n) is 11.3. The van der Waals surface area contributed by atoms with Crippen molar-refractivity contribution in [2.45, 2.75) is 58.7 Å². The minimum atomic E-state index is -0.330. The van der Waals surface area contributed by atoms with Crippen LogP contribution in [0.3, 0.4) is 0 Å². The summed E-state index contributed by atoms with van der Waals surface area (Å²) in [4.78, 5) is 33.8. The molecule has 4 aromatic rings. The van der Waals surface area contributed by atoms with Gasteiger partial charge in [0.25, 0.3) is 5.91 Å². The van der Waals surface area contributed by atoms with Gasteiger partial charge in [-0.1, -0.05) is 39.0 Å². The molecule has 0 bridgehead atoms. The Bertz CT molecular complexity index is 1460. The average molecular weight is 576 g/mol. The van der Waals surface area contributed by atoms with Gasteiger partial charge in [0.1, 0.15) is 12.4 Å². The number of nitrogens with one attached hydrogen (secondary N) is 1. The Hall–Kier alpha value is -3.99. The zero-order chi connectivity index (χ0) is 29.7. The quantitative estimate of drug-likeness (QED) is 0.280. The Balaban J connectivity index is 1.70. The average Bonchev–Trinajstić information content (AvgIpc) is 3.27. The lowest BCUT2D eigenvalue weighted by molar-refractivity contribution is 0.0499. The fraction of sp³-hybridized carbons (Fsp3) is 0.400. The van der Waals surface area contributed by atoms with Crippen molar-refractivity contribution in [1.29, 1.82) is 0 Å². The molecular formula is C30H39N8O2S+. The third-order valence-electron chi connectivity index (χ3n) is 6.67. The molecule has 0 radical (unpaired) electrons. The Morgan fingerprint density at radius 2 is 1.78 bits per heavy atom. The number of nitrogens with zero attached hydrogens (tertiary/aromatic N) is 7.